The number of carboxylic acid groups (broad SMARTS) is 1. The molecule has 0 radical (unpaired) electrons. The number of anilines is 1. The van der Waals surface area contributed by atoms with E-state index in [0.717, 1.165) is 4.31 Å². The number of nitrogens with zero attached hydrogens (tertiary/aromatic N) is 1. The molecule has 7 nitrogen and oxygen atoms in total. The van der Waals surface area contributed by atoms with Crippen molar-refractivity contribution in [1.29, 1.82) is 0 Å². The number of hydrogen-bond donors (Lipinski definition) is 3. The molecule has 8 heteroatoms. The van der Waals surface area contributed by atoms with Crippen LogP contribution in [0.3, 0.4) is 0 Å². The van der Waals surface area contributed by atoms with Crippen LogP contribution in [-0.4, -0.2) is 37.7 Å². The lowest BCUT2D eigenvalue weighted by Crippen LogP contribution is -2.43. The number of carbonyl (C=O) groups is 1. The summed E-state index contributed by atoms with van der Waals surface area (Å²) in [7, 11) is -3.92. The van der Waals surface area contributed by atoms with E-state index in [1.807, 2.05) is 0 Å². The first-order valence-corrected chi connectivity index (χ1v) is 7.09. The third kappa shape index (κ3) is 4.42. The van der Waals surface area contributed by atoms with Crippen molar-refractivity contribution in [3.63, 3.8) is 0 Å². The first-order chi connectivity index (χ1) is 8.86. The molecule has 0 atom stereocenters. The number of hydrogen-bond acceptors (Lipinski definition) is 4. The van der Waals surface area contributed by atoms with Gasteiger partial charge in [0, 0.05) is 6.54 Å². The smallest absolute Gasteiger partial charge is 0.324 e. The van der Waals surface area contributed by atoms with Crippen LogP contribution in [0.25, 0.3) is 0 Å². The van der Waals surface area contributed by atoms with Crippen LogP contribution < -0.4 is 9.03 Å². The zero-order valence-electron chi connectivity index (χ0n) is 10.4. The standard InChI is InChI=1S/C11H16N2O5S/c1-2-7-12-19(17,18)13(8-11(15)16)9-3-5-10(14)6-4-9/h3-6,12,14H,2,7-8H2,1H3,(H,15,16). The van der Waals surface area contributed by atoms with E-state index >= 15 is 0 Å². The van der Waals surface area contributed by atoms with Gasteiger partial charge in [-0.1, -0.05) is 6.92 Å². The summed E-state index contributed by atoms with van der Waals surface area (Å²) in [5, 5.41) is 18.0. The monoisotopic (exact) mass is 288 g/mol. The Hall–Kier alpha value is -1.80. The fourth-order valence-corrected chi connectivity index (χ4v) is 2.66. The minimum Gasteiger partial charge on any atom is -0.508 e. The van der Waals surface area contributed by atoms with Gasteiger partial charge in [0.25, 0.3) is 0 Å². The molecular formula is C11H16N2O5S. The van der Waals surface area contributed by atoms with Gasteiger partial charge in [0.2, 0.25) is 0 Å². The Morgan fingerprint density at radius 2 is 1.89 bits per heavy atom. The molecule has 0 saturated heterocycles. The maximum absolute atomic E-state index is 12.0. The maximum atomic E-state index is 12.0. The molecule has 0 amide bonds. The highest BCUT2D eigenvalue weighted by molar-refractivity contribution is 7.90. The van der Waals surface area contributed by atoms with Crippen LogP contribution in [0.15, 0.2) is 24.3 Å². The van der Waals surface area contributed by atoms with E-state index in [4.69, 9.17) is 10.2 Å². The second-order valence-corrected chi connectivity index (χ2v) is 5.50. The number of rotatable bonds is 7. The molecule has 1 rings (SSSR count). The molecule has 106 valence electrons. The second kappa shape index (κ2) is 6.39. The van der Waals surface area contributed by atoms with E-state index in [2.05, 4.69) is 4.72 Å². The van der Waals surface area contributed by atoms with Gasteiger partial charge >= 0.3 is 16.2 Å². The Kier molecular flexibility index (Phi) is 5.13. The zero-order valence-corrected chi connectivity index (χ0v) is 11.2. The van der Waals surface area contributed by atoms with Crippen molar-refractivity contribution in [3.05, 3.63) is 24.3 Å². The lowest BCUT2D eigenvalue weighted by molar-refractivity contribution is -0.135. The summed E-state index contributed by atoms with van der Waals surface area (Å²) < 4.78 is 27.0. The average Bonchev–Trinajstić information content (AvgIpc) is 2.34. The summed E-state index contributed by atoms with van der Waals surface area (Å²) in [6.45, 7) is 1.32. The fourth-order valence-electron chi connectivity index (χ4n) is 1.37. The molecule has 0 fully saturated rings. The summed E-state index contributed by atoms with van der Waals surface area (Å²) >= 11 is 0. The van der Waals surface area contributed by atoms with E-state index in [9.17, 15) is 13.2 Å². The van der Waals surface area contributed by atoms with Gasteiger partial charge in [0.1, 0.15) is 12.3 Å². The normalized spacial score (nSPS) is 11.2. The summed E-state index contributed by atoms with van der Waals surface area (Å²) in [6, 6.07) is 5.26. The van der Waals surface area contributed by atoms with E-state index in [1.165, 1.54) is 24.3 Å². The molecular weight excluding hydrogens is 272 g/mol. The van der Waals surface area contributed by atoms with Crippen molar-refractivity contribution < 1.29 is 23.4 Å². The van der Waals surface area contributed by atoms with Crippen LogP contribution in [-0.2, 0) is 15.0 Å². The lowest BCUT2D eigenvalue weighted by atomic mass is 10.3. The number of aliphatic carboxylic acids is 1. The number of nitrogens with one attached hydrogen (secondary N) is 1. The van der Waals surface area contributed by atoms with Gasteiger partial charge in [0.15, 0.2) is 0 Å². The molecule has 1 aromatic carbocycles. The minimum absolute atomic E-state index is 0.0297. The fraction of sp³-hybridized carbons (Fsp3) is 0.364. The van der Waals surface area contributed by atoms with E-state index in [-0.39, 0.29) is 18.0 Å². The number of phenolic OH excluding ortho intramolecular Hbond substituents is 1. The highest BCUT2D eigenvalue weighted by atomic mass is 32.2. The van der Waals surface area contributed by atoms with Gasteiger partial charge in [-0.3, -0.25) is 4.79 Å². The van der Waals surface area contributed by atoms with Crippen molar-refractivity contribution in [1.82, 2.24) is 4.72 Å². The van der Waals surface area contributed by atoms with Crippen LogP contribution in [0.1, 0.15) is 13.3 Å². The molecule has 0 spiro atoms. The highest BCUT2D eigenvalue weighted by Gasteiger charge is 2.24. The summed E-state index contributed by atoms with van der Waals surface area (Å²) in [4.78, 5) is 10.8. The predicted octanol–water partition coefficient (Wildman–Crippen LogP) is 0.528. The summed E-state index contributed by atoms with van der Waals surface area (Å²) in [6.07, 6.45) is 0.593. The lowest BCUT2D eigenvalue weighted by Gasteiger charge is -2.22. The molecule has 0 aliphatic rings. The summed E-state index contributed by atoms with van der Waals surface area (Å²) in [5.41, 5.74) is 0.170. The third-order valence-corrected chi connectivity index (χ3v) is 3.73. The molecule has 0 unspecified atom stereocenters. The SMILES string of the molecule is CCCNS(=O)(=O)N(CC(=O)O)c1ccc(O)cc1. The largest absolute Gasteiger partial charge is 0.508 e. The van der Waals surface area contributed by atoms with Crippen molar-refractivity contribution in [3.8, 4) is 5.75 Å². The number of benzene rings is 1. The maximum Gasteiger partial charge on any atom is 0.324 e. The van der Waals surface area contributed by atoms with Gasteiger partial charge in [-0.2, -0.15) is 13.1 Å². The highest BCUT2D eigenvalue weighted by Crippen LogP contribution is 2.20. The average molecular weight is 288 g/mol. The van der Waals surface area contributed by atoms with Crippen molar-refractivity contribution >= 4 is 21.9 Å². The van der Waals surface area contributed by atoms with Crippen molar-refractivity contribution in [2.45, 2.75) is 13.3 Å². The quantitative estimate of drug-likeness (QED) is 0.678. The van der Waals surface area contributed by atoms with Crippen LogP contribution in [0, 0.1) is 0 Å². The van der Waals surface area contributed by atoms with E-state index < -0.39 is 22.7 Å². The van der Waals surface area contributed by atoms with Gasteiger partial charge in [-0.15, -0.1) is 0 Å². The van der Waals surface area contributed by atoms with Crippen LogP contribution in [0.5, 0.6) is 5.75 Å². The molecule has 3 N–H and O–H groups in total. The van der Waals surface area contributed by atoms with E-state index in [0.29, 0.717) is 6.42 Å². The van der Waals surface area contributed by atoms with Crippen LogP contribution >= 0.6 is 0 Å². The van der Waals surface area contributed by atoms with Gasteiger partial charge < -0.3 is 10.2 Å². The third-order valence-electron chi connectivity index (χ3n) is 2.24. The molecule has 0 saturated carbocycles. The summed E-state index contributed by atoms with van der Waals surface area (Å²) in [5.74, 6) is -1.30. The van der Waals surface area contributed by atoms with E-state index in [1.54, 1.807) is 6.92 Å². The Morgan fingerprint density at radius 1 is 1.32 bits per heavy atom. The Bertz CT molecular complexity index is 527. The van der Waals surface area contributed by atoms with Crippen molar-refractivity contribution in [2.75, 3.05) is 17.4 Å². The molecule has 0 aromatic heterocycles. The Labute approximate surface area is 111 Å². The molecule has 0 aliphatic carbocycles. The predicted molar refractivity (Wildman–Crippen MR) is 70.3 cm³/mol. The molecule has 0 heterocycles. The first-order valence-electron chi connectivity index (χ1n) is 5.65. The van der Waals surface area contributed by atoms with Crippen LogP contribution in [0.2, 0.25) is 0 Å². The first kappa shape index (κ1) is 15.3. The second-order valence-electron chi connectivity index (χ2n) is 3.82. The molecule has 0 bridgehead atoms. The Morgan fingerprint density at radius 3 is 2.37 bits per heavy atom. The topological polar surface area (TPSA) is 107 Å². The van der Waals surface area contributed by atoms with Gasteiger partial charge in [0.05, 0.1) is 5.69 Å². The van der Waals surface area contributed by atoms with Gasteiger partial charge in [-0.25, -0.2) is 4.31 Å². The number of phenols is 1. The van der Waals surface area contributed by atoms with Crippen molar-refractivity contribution in [2.24, 2.45) is 0 Å². The number of aromatic hydroxyl groups is 1. The van der Waals surface area contributed by atoms with Gasteiger partial charge in [-0.05, 0) is 30.7 Å². The number of carboxylic acids is 1. The molecule has 19 heavy (non-hydrogen) atoms. The Balaban J connectivity index is 3.07. The minimum atomic E-state index is -3.92. The zero-order chi connectivity index (χ0) is 14.5. The van der Waals surface area contributed by atoms with Crippen LogP contribution in [0.4, 0.5) is 5.69 Å². The molecule has 0 aliphatic heterocycles. The molecule has 1 aromatic rings.